The summed E-state index contributed by atoms with van der Waals surface area (Å²) in [5, 5.41) is 0.413. The Kier molecular flexibility index (Phi) is 3.91. The lowest BCUT2D eigenvalue weighted by molar-refractivity contribution is -0.00957. The van der Waals surface area contributed by atoms with Crippen molar-refractivity contribution >= 4 is 40.2 Å². The first-order valence-corrected chi connectivity index (χ1v) is 7.52. The molecule has 0 unspecified atom stereocenters. The van der Waals surface area contributed by atoms with Gasteiger partial charge in [-0.1, -0.05) is 23.2 Å². The molecule has 3 rings (SSSR count). The van der Waals surface area contributed by atoms with Crippen LogP contribution in [0.3, 0.4) is 0 Å². The normalized spacial score (nSPS) is 19.6. The number of aromatic nitrogens is 3. The Balaban J connectivity index is 2.06. The third-order valence-corrected chi connectivity index (χ3v) is 4.19. The summed E-state index contributed by atoms with van der Waals surface area (Å²) < 4.78 is 29.7. The number of likely N-dealkylation sites (N-methyl/N-ethyl adjacent to an activating group) is 1. The van der Waals surface area contributed by atoms with E-state index in [2.05, 4.69) is 9.97 Å². The summed E-state index contributed by atoms with van der Waals surface area (Å²) in [5.74, 6) is -2.36. The van der Waals surface area contributed by atoms with Gasteiger partial charge in [0.05, 0.1) is 18.6 Å². The molecule has 0 spiro atoms. The lowest BCUT2D eigenvalue weighted by Crippen LogP contribution is -2.39. The van der Waals surface area contributed by atoms with Gasteiger partial charge in [0.25, 0.3) is 5.92 Å². The predicted molar refractivity (Wildman–Crippen MR) is 83.2 cm³/mol. The fourth-order valence-electron chi connectivity index (χ4n) is 2.73. The van der Waals surface area contributed by atoms with Gasteiger partial charge in [0, 0.05) is 26.2 Å². The number of hydrogen-bond donors (Lipinski definition) is 0. The number of anilines is 1. The second kappa shape index (κ2) is 5.47. The lowest BCUT2D eigenvalue weighted by Gasteiger charge is -2.24. The van der Waals surface area contributed by atoms with Gasteiger partial charge >= 0.3 is 0 Å². The molecule has 0 aromatic carbocycles. The minimum absolute atomic E-state index is 0.169. The first-order chi connectivity index (χ1) is 10.3. The number of rotatable bonds is 1. The number of alkyl halides is 2. The highest BCUT2D eigenvalue weighted by Crippen LogP contribution is 2.30. The van der Waals surface area contributed by atoms with Crippen molar-refractivity contribution in [3.63, 3.8) is 0 Å². The van der Waals surface area contributed by atoms with Crippen LogP contribution in [-0.2, 0) is 7.05 Å². The molecule has 9 heteroatoms. The Morgan fingerprint density at radius 3 is 2.59 bits per heavy atom. The van der Waals surface area contributed by atoms with Gasteiger partial charge in [0.15, 0.2) is 5.15 Å². The van der Waals surface area contributed by atoms with Crippen molar-refractivity contribution in [3.8, 4) is 0 Å². The van der Waals surface area contributed by atoms with Crippen molar-refractivity contribution in [2.45, 2.75) is 5.92 Å². The van der Waals surface area contributed by atoms with Crippen molar-refractivity contribution in [2.75, 3.05) is 38.1 Å². The molecular formula is C13H15Cl2F2N5. The van der Waals surface area contributed by atoms with E-state index in [0.717, 1.165) is 0 Å². The molecule has 120 valence electrons. The Labute approximate surface area is 136 Å². The van der Waals surface area contributed by atoms with Crippen LogP contribution < -0.4 is 4.90 Å². The van der Waals surface area contributed by atoms with E-state index in [1.54, 1.807) is 34.5 Å². The van der Waals surface area contributed by atoms with E-state index in [9.17, 15) is 8.78 Å². The quantitative estimate of drug-likeness (QED) is 0.741. The van der Waals surface area contributed by atoms with E-state index in [0.29, 0.717) is 30.1 Å². The largest absolute Gasteiger partial charge is 0.335 e. The fourth-order valence-corrected chi connectivity index (χ4v) is 3.20. The molecule has 0 bridgehead atoms. The Bertz CT molecular complexity index is 718. The van der Waals surface area contributed by atoms with Gasteiger partial charge < -0.3 is 9.47 Å². The van der Waals surface area contributed by atoms with E-state index in [-0.39, 0.29) is 23.4 Å². The highest BCUT2D eigenvalue weighted by atomic mass is 35.5. The van der Waals surface area contributed by atoms with Gasteiger partial charge in [-0.05, 0) is 7.05 Å². The van der Waals surface area contributed by atoms with Crippen LogP contribution in [0.1, 0.15) is 0 Å². The van der Waals surface area contributed by atoms with Crippen LogP contribution in [0.4, 0.5) is 14.7 Å². The van der Waals surface area contributed by atoms with Gasteiger partial charge in [0.2, 0.25) is 5.95 Å². The van der Waals surface area contributed by atoms with Crippen LogP contribution in [-0.4, -0.2) is 58.6 Å². The molecule has 1 aliphatic heterocycles. The number of imidazole rings is 1. The van der Waals surface area contributed by atoms with Gasteiger partial charge in [-0.25, -0.2) is 18.7 Å². The monoisotopic (exact) mass is 349 g/mol. The van der Waals surface area contributed by atoms with Crippen LogP contribution in [0.15, 0.2) is 6.07 Å². The molecule has 0 aliphatic carbocycles. The average Bonchev–Trinajstić information content (AvgIpc) is 2.64. The van der Waals surface area contributed by atoms with E-state index in [1.165, 1.54) is 0 Å². The van der Waals surface area contributed by atoms with Crippen molar-refractivity contribution < 1.29 is 8.78 Å². The SMILES string of the molecule is CN1CCN(c2nc3c(Cl)nc(Cl)cc3n2C)CC(F)(F)C1. The van der Waals surface area contributed by atoms with Crippen LogP contribution in [0.2, 0.25) is 10.3 Å². The zero-order valence-corrected chi connectivity index (χ0v) is 13.7. The molecule has 0 radical (unpaired) electrons. The number of aryl methyl sites for hydroxylation is 1. The Hall–Kier alpha value is -1.18. The third kappa shape index (κ3) is 2.85. The fraction of sp³-hybridized carbons (Fsp3) is 0.538. The van der Waals surface area contributed by atoms with Crippen molar-refractivity contribution in [1.82, 2.24) is 19.4 Å². The molecule has 22 heavy (non-hydrogen) atoms. The maximum atomic E-state index is 14.0. The number of nitrogens with zero attached hydrogens (tertiary/aromatic N) is 5. The van der Waals surface area contributed by atoms with Crippen molar-refractivity contribution in [1.29, 1.82) is 0 Å². The third-order valence-electron chi connectivity index (χ3n) is 3.73. The standard InChI is InChI=1S/C13H15Cl2F2N5/c1-20-3-4-22(7-13(16,17)6-20)12-19-10-8(21(12)2)5-9(14)18-11(10)15/h5H,3-4,6-7H2,1-2H3. The maximum absolute atomic E-state index is 14.0. The highest BCUT2D eigenvalue weighted by Gasteiger charge is 2.37. The maximum Gasteiger partial charge on any atom is 0.277 e. The van der Waals surface area contributed by atoms with E-state index >= 15 is 0 Å². The minimum Gasteiger partial charge on any atom is -0.335 e. The van der Waals surface area contributed by atoms with Crippen LogP contribution in [0.25, 0.3) is 11.0 Å². The summed E-state index contributed by atoms with van der Waals surface area (Å²) in [6.07, 6.45) is 0. The lowest BCUT2D eigenvalue weighted by atomic mass is 10.3. The number of halogens is 4. The zero-order valence-electron chi connectivity index (χ0n) is 12.2. The summed E-state index contributed by atoms with van der Waals surface area (Å²) in [5.41, 5.74) is 1.13. The van der Waals surface area contributed by atoms with Crippen LogP contribution in [0.5, 0.6) is 0 Å². The molecule has 3 heterocycles. The number of fused-ring (bicyclic) bond motifs is 1. The number of pyridine rings is 1. The Morgan fingerprint density at radius 1 is 1.14 bits per heavy atom. The van der Waals surface area contributed by atoms with Crippen LogP contribution in [0, 0.1) is 0 Å². The van der Waals surface area contributed by atoms with Gasteiger partial charge in [-0.2, -0.15) is 0 Å². The van der Waals surface area contributed by atoms with Gasteiger partial charge in [-0.3, -0.25) is 4.90 Å². The molecule has 0 atom stereocenters. The number of hydrogen-bond acceptors (Lipinski definition) is 4. The molecule has 2 aromatic rings. The molecule has 0 amide bonds. The summed E-state index contributed by atoms with van der Waals surface area (Å²) in [7, 11) is 3.44. The Morgan fingerprint density at radius 2 is 1.86 bits per heavy atom. The first-order valence-electron chi connectivity index (χ1n) is 6.76. The summed E-state index contributed by atoms with van der Waals surface area (Å²) in [6.45, 7) is 0.350. The topological polar surface area (TPSA) is 37.2 Å². The van der Waals surface area contributed by atoms with Crippen molar-refractivity contribution in [3.05, 3.63) is 16.4 Å². The summed E-state index contributed by atoms with van der Waals surface area (Å²) in [6, 6.07) is 1.63. The molecule has 1 saturated heterocycles. The molecule has 5 nitrogen and oxygen atoms in total. The molecule has 1 fully saturated rings. The average molecular weight is 350 g/mol. The predicted octanol–water partition coefficient (Wildman–Crippen LogP) is 2.66. The van der Waals surface area contributed by atoms with Gasteiger partial charge in [-0.15, -0.1) is 0 Å². The minimum atomic E-state index is -2.80. The summed E-state index contributed by atoms with van der Waals surface area (Å²) >= 11 is 12.0. The molecule has 0 N–H and O–H groups in total. The second-order valence-electron chi connectivity index (χ2n) is 5.59. The molecule has 2 aromatic heterocycles. The summed E-state index contributed by atoms with van der Waals surface area (Å²) in [4.78, 5) is 11.5. The molecule has 0 saturated carbocycles. The first kappa shape index (κ1) is 15.7. The zero-order chi connectivity index (χ0) is 16.1. The highest BCUT2D eigenvalue weighted by molar-refractivity contribution is 6.36. The molecular weight excluding hydrogens is 335 g/mol. The van der Waals surface area contributed by atoms with E-state index < -0.39 is 5.92 Å². The van der Waals surface area contributed by atoms with Gasteiger partial charge in [0.1, 0.15) is 10.7 Å². The smallest absolute Gasteiger partial charge is 0.277 e. The second-order valence-corrected chi connectivity index (χ2v) is 6.33. The molecule has 1 aliphatic rings. The van der Waals surface area contributed by atoms with E-state index in [1.807, 2.05) is 0 Å². The van der Waals surface area contributed by atoms with E-state index in [4.69, 9.17) is 23.2 Å². The van der Waals surface area contributed by atoms with Crippen molar-refractivity contribution in [2.24, 2.45) is 7.05 Å². The van der Waals surface area contributed by atoms with Crippen LogP contribution >= 0.6 is 23.2 Å².